The van der Waals surface area contributed by atoms with E-state index in [0.29, 0.717) is 12.1 Å². The molecule has 2 fully saturated rings. The Morgan fingerprint density at radius 2 is 2.24 bits per heavy atom. The quantitative estimate of drug-likeness (QED) is 0.682. The van der Waals surface area contributed by atoms with Gasteiger partial charge in [-0.05, 0) is 44.4 Å². The maximum atomic E-state index is 11.0. The van der Waals surface area contributed by atoms with Crippen molar-refractivity contribution < 1.29 is 4.92 Å². The Balaban J connectivity index is 1.72. The number of nitrogens with zero attached hydrogens (tertiary/aromatic N) is 3. The summed E-state index contributed by atoms with van der Waals surface area (Å²) in [6, 6.07) is 7.62. The van der Waals surface area contributed by atoms with E-state index < -0.39 is 4.92 Å². The zero-order valence-corrected chi connectivity index (χ0v) is 11.8. The lowest BCUT2D eigenvalue weighted by Crippen LogP contribution is -2.42. The summed E-state index contributed by atoms with van der Waals surface area (Å²) in [4.78, 5) is 13.0. The van der Waals surface area contributed by atoms with E-state index in [1.54, 1.807) is 6.07 Å². The first-order valence-corrected chi connectivity index (χ1v) is 7.36. The van der Waals surface area contributed by atoms with E-state index in [9.17, 15) is 10.1 Å². The lowest BCUT2D eigenvalue weighted by atomic mass is 9.97. The highest BCUT2D eigenvalue weighted by atomic mass is 16.6. The van der Waals surface area contributed by atoms with Gasteiger partial charge in [-0.3, -0.25) is 10.1 Å². The molecule has 0 aliphatic carbocycles. The van der Waals surface area contributed by atoms with E-state index in [1.165, 1.54) is 31.5 Å². The molecule has 1 N–H and O–H groups in total. The molecular weight excluding hydrogens is 268 g/mol. The van der Waals surface area contributed by atoms with Crippen LogP contribution in [0.5, 0.6) is 0 Å². The molecule has 6 heteroatoms. The summed E-state index contributed by atoms with van der Waals surface area (Å²) in [5, 5.41) is 23.3. The molecule has 0 spiro atoms. The highest BCUT2D eigenvalue weighted by molar-refractivity contribution is 5.59. The normalized spacial score (nSPS) is 25.1. The Hall–Kier alpha value is -2.13. The number of benzene rings is 1. The van der Waals surface area contributed by atoms with Gasteiger partial charge in [-0.15, -0.1) is 0 Å². The zero-order valence-electron chi connectivity index (χ0n) is 11.8. The van der Waals surface area contributed by atoms with Crippen LogP contribution in [0.1, 0.15) is 31.2 Å². The Bertz CT molecular complexity index is 596. The number of rotatable bonds is 3. The topological polar surface area (TPSA) is 82.2 Å². The average molecular weight is 286 g/mol. The van der Waals surface area contributed by atoms with Crippen molar-refractivity contribution in [2.24, 2.45) is 0 Å². The monoisotopic (exact) mass is 286 g/mol. The van der Waals surface area contributed by atoms with Gasteiger partial charge in [0.05, 0.1) is 4.92 Å². The number of nitro groups is 1. The van der Waals surface area contributed by atoms with Crippen LogP contribution < -0.4 is 5.32 Å². The number of piperidine rings is 1. The molecule has 2 atom stereocenters. The van der Waals surface area contributed by atoms with Gasteiger partial charge in [-0.2, -0.15) is 5.26 Å². The van der Waals surface area contributed by atoms with Crippen molar-refractivity contribution in [2.45, 2.75) is 37.8 Å². The molecular formula is C15H18N4O2. The molecule has 2 aliphatic rings. The molecule has 0 saturated carbocycles. The van der Waals surface area contributed by atoms with Gasteiger partial charge >= 0.3 is 0 Å². The van der Waals surface area contributed by atoms with Gasteiger partial charge in [0.25, 0.3) is 5.69 Å². The van der Waals surface area contributed by atoms with E-state index in [1.807, 2.05) is 6.07 Å². The molecule has 110 valence electrons. The third-order valence-electron chi connectivity index (χ3n) is 4.51. The SMILES string of the molecule is N#Cc1ccc(NC2CCN3CCCC3C2)cc1[N+](=O)[O-]. The molecule has 6 nitrogen and oxygen atoms in total. The number of anilines is 1. The minimum Gasteiger partial charge on any atom is -0.382 e. The van der Waals surface area contributed by atoms with Crippen LogP contribution in [0.4, 0.5) is 11.4 Å². The highest BCUT2D eigenvalue weighted by Gasteiger charge is 2.31. The van der Waals surface area contributed by atoms with Crippen LogP contribution in [0.2, 0.25) is 0 Å². The minimum atomic E-state index is -0.497. The van der Waals surface area contributed by atoms with Gasteiger partial charge in [-0.1, -0.05) is 0 Å². The van der Waals surface area contributed by atoms with Crippen molar-refractivity contribution in [1.82, 2.24) is 4.90 Å². The van der Waals surface area contributed by atoms with Crippen LogP contribution in [0, 0.1) is 21.4 Å². The fourth-order valence-electron chi connectivity index (χ4n) is 3.46. The van der Waals surface area contributed by atoms with Crippen LogP contribution in [0.25, 0.3) is 0 Å². The van der Waals surface area contributed by atoms with Crippen LogP contribution in [-0.4, -0.2) is 35.0 Å². The highest BCUT2D eigenvalue weighted by Crippen LogP contribution is 2.29. The van der Waals surface area contributed by atoms with Crippen molar-refractivity contribution in [3.63, 3.8) is 0 Å². The van der Waals surface area contributed by atoms with Crippen LogP contribution >= 0.6 is 0 Å². The van der Waals surface area contributed by atoms with Crippen molar-refractivity contribution in [3.05, 3.63) is 33.9 Å². The second kappa shape index (κ2) is 5.70. The van der Waals surface area contributed by atoms with Gasteiger partial charge < -0.3 is 10.2 Å². The van der Waals surface area contributed by atoms with E-state index in [-0.39, 0.29) is 11.3 Å². The van der Waals surface area contributed by atoms with E-state index in [4.69, 9.17) is 5.26 Å². The molecule has 1 aromatic carbocycles. The van der Waals surface area contributed by atoms with Crippen molar-refractivity contribution in [1.29, 1.82) is 5.26 Å². The lowest BCUT2D eigenvalue weighted by Gasteiger charge is -2.35. The van der Waals surface area contributed by atoms with Gasteiger partial charge in [0.1, 0.15) is 11.6 Å². The Morgan fingerprint density at radius 3 is 3.00 bits per heavy atom. The van der Waals surface area contributed by atoms with Crippen molar-refractivity contribution >= 4 is 11.4 Å². The standard InChI is InChI=1S/C15H18N4O2/c16-10-11-3-4-12(9-15(11)19(20)21)17-13-5-7-18-6-1-2-14(18)8-13/h3-4,9,13-14,17H,1-2,5-8H2. The molecule has 3 rings (SSSR count). The predicted molar refractivity (Wildman–Crippen MR) is 79.1 cm³/mol. The summed E-state index contributed by atoms with van der Waals surface area (Å²) < 4.78 is 0. The number of nitrogens with one attached hydrogen (secondary N) is 1. The molecule has 0 bridgehead atoms. The van der Waals surface area contributed by atoms with E-state index >= 15 is 0 Å². The third kappa shape index (κ3) is 2.83. The third-order valence-corrected chi connectivity index (χ3v) is 4.51. The maximum Gasteiger partial charge on any atom is 0.289 e. The first kappa shape index (κ1) is 13.8. The fraction of sp³-hybridized carbons (Fsp3) is 0.533. The first-order chi connectivity index (χ1) is 10.2. The molecule has 0 amide bonds. The molecule has 1 aromatic rings. The Kier molecular flexibility index (Phi) is 3.76. The zero-order chi connectivity index (χ0) is 14.8. The number of hydrogen-bond donors (Lipinski definition) is 1. The van der Waals surface area contributed by atoms with Crippen molar-refractivity contribution in [3.8, 4) is 6.07 Å². The molecule has 2 saturated heterocycles. The average Bonchev–Trinajstić information content (AvgIpc) is 2.94. The number of nitriles is 1. The molecule has 2 heterocycles. The maximum absolute atomic E-state index is 11.0. The second-order valence-corrected chi connectivity index (χ2v) is 5.80. The molecule has 2 unspecified atom stereocenters. The fourth-order valence-corrected chi connectivity index (χ4v) is 3.46. The van der Waals surface area contributed by atoms with Gasteiger partial charge in [-0.25, -0.2) is 0 Å². The van der Waals surface area contributed by atoms with Gasteiger partial charge in [0.2, 0.25) is 0 Å². The molecule has 0 radical (unpaired) electrons. The van der Waals surface area contributed by atoms with Gasteiger partial charge in [0, 0.05) is 30.4 Å². The summed E-state index contributed by atoms with van der Waals surface area (Å²) in [5.41, 5.74) is 0.717. The molecule has 2 aliphatic heterocycles. The van der Waals surface area contributed by atoms with Crippen LogP contribution in [0.3, 0.4) is 0 Å². The Morgan fingerprint density at radius 1 is 1.38 bits per heavy atom. The van der Waals surface area contributed by atoms with E-state index in [2.05, 4.69) is 10.2 Å². The molecule has 0 aromatic heterocycles. The summed E-state index contributed by atoms with van der Waals surface area (Å²) in [7, 11) is 0. The number of hydrogen-bond acceptors (Lipinski definition) is 5. The van der Waals surface area contributed by atoms with Crippen LogP contribution in [-0.2, 0) is 0 Å². The summed E-state index contributed by atoms with van der Waals surface area (Å²) in [6.07, 6.45) is 4.68. The number of nitro benzene ring substituents is 1. The van der Waals surface area contributed by atoms with Crippen LogP contribution in [0.15, 0.2) is 18.2 Å². The summed E-state index contributed by atoms with van der Waals surface area (Å²) in [5.74, 6) is 0. The summed E-state index contributed by atoms with van der Waals surface area (Å²) >= 11 is 0. The predicted octanol–water partition coefficient (Wildman–Crippen LogP) is 2.51. The summed E-state index contributed by atoms with van der Waals surface area (Å²) in [6.45, 7) is 2.31. The number of fused-ring (bicyclic) bond motifs is 1. The van der Waals surface area contributed by atoms with E-state index in [0.717, 1.165) is 25.1 Å². The smallest absolute Gasteiger partial charge is 0.289 e. The van der Waals surface area contributed by atoms with Crippen molar-refractivity contribution in [2.75, 3.05) is 18.4 Å². The first-order valence-electron chi connectivity index (χ1n) is 7.36. The Labute approximate surface area is 123 Å². The largest absolute Gasteiger partial charge is 0.382 e. The second-order valence-electron chi connectivity index (χ2n) is 5.80. The minimum absolute atomic E-state index is 0.108. The molecule has 21 heavy (non-hydrogen) atoms. The lowest BCUT2D eigenvalue weighted by molar-refractivity contribution is -0.385. The van der Waals surface area contributed by atoms with Gasteiger partial charge in [0.15, 0.2) is 0 Å².